The van der Waals surface area contributed by atoms with Crippen molar-refractivity contribution < 1.29 is 26.3 Å². The molecular weight excluding hydrogens is 290 g/mol. The summed E-state index contributed by atoms with van der Waals surface area (Å²) in [6.45, 7) is 0. The molecule has 15 heavy (non-hydrogen) atoms. The van der Waals surface area contributed by atoms with E-state index in [1.165, 1.54) is 0 Å². The van der Waals surface area contributed by atoms with Gasteiger partial charge >= 0.3 is 12.4 Å². The molecule has 86 valence electrons. The highest BCUT2D eigenvalue weighted by molar-refractivity contribution is 9.11. The Labute approximate surface area is 89.8 Å². The van der Waals surface area contributed by atoms with Crippen LogP contribution < -0.4 is 0 Å². The molecule has 7 heteroatoms. The summed E-state index contributed by atoms with van der Waals surface area (Å²) in [5, 5.41) is 0. The summed E-state index contributed by atoms with van der Waals surface area (Å²) in [5.74, 6) is 0. The molecule has 0 heterocycles. The Balaban J connectivity index is 3.19. The van der Waals surface area contributed by atoms with Crippen molar-refractivity contribution in [2.75, 3.05) is 0 Å². The normalized spacial score (nSPS) is 21.4. The number of alkyl halides is 6. The zero-order valence-electron chi connectivity index (χ0n) is 7.08. The van der Waals surface area contributed by atoms with Gasteiger partial charge in [-0.05, 0) is 6.42 Å². The van der Waals surface area contributed by atoms with E-state index in [0.717, 1.165) is 12.2 Å². The van der Waals surface area contributed by atoms with Gasteiger partial charge in [-0.15, -0.1) is 0 Å². The lowest BCUT2D eigenvalue weighted by atomic mass is 9.80. The monoisotopic (exact) mass is 294 g/mol. The van der Waals surface area contributed by atoms with E-state index >= 15 is 0 Å². The van der Waals surface area contributed by atoms with Crippen molar-refractivity contribution in [3.05, 3.63) is 22.7 Å². The number of hydrogen-bond acceptors (Lipinski definition) is 0. The van der Waals surface area contributed by atoms with E-state index in [2.05, 4.69) is 15.9 Å². The number of halogens is 7. The van der Waals surface area contributed by atoms with E-state index in [-0.39, 0.29) is 10.6 Å². The first-order valence-electron chi connectivity index (χ1n) is 3.78. The lowest BCUT2D eigenvalue weighted by Crippen LogP contribution is -2.48. The van der Waals surface area contributed by atoms with Crippen LogP contribution in [0.25, 0.3) is 0 Å². The molecule has 0 N–H and O–H groups in total. The van der Waals surface area contributed by atoms with Crippen LogP contribution in [-0.2, 0) is 0 Å². The van der Waals surface area contributed by atoms with E-state index in [1.54, 1.807) is 0 Å². The molecule has 0 unspecified atom stereocenters. The molecule has 0 bridgehead atoms. The minimum Gasteiger partial charge on any atom is -0.170 e. The van der Waals surface area contributed by atoms with Crippen molar-refractivity contribution in [3.63, 3.8) is 0 Å². The SMILES string of the molecule is FC(F)(F)C1(C(F)(F)F)C=CC(Br)=CC1. The summed E-state index contributed by atoms with van der Waals surface area (Å²) in [7, 11) is 0. The van der Waals surface area contributed by atoms with Crippen molar-refractivity contribution in [3.8, 4) is 0 Å². The summed E-state index contributed by atoms with van der Waals surface area (Å²) in [5.41, 5.74) is -3.75. The summed E-state index contributed by atoms with van der Waals surface area (Å²) in [4.78, 5) is 0. The predicted octanol–water partition coefficient (Wildman–Crippen LogP) is 4.34. The van der Waals surface area contributed by atoms with Crippen molar-refractivity contribution in [1.29, 1.82) is 0 Å². The predicted molar refractivity (Wildman–Crippen MR) is 45.3 cm³/mol. The average molecular weight is 295 g/mol. The van der Waals surface area contributed by atoms with Crippen LogP contribution in [0.2, 0.25) is 0 Å². The highest BCUT2D eigenvalue weighted by Gasteiger charge is 2.68. The first-order valence-corrected chi connectivity index (χ1v) is 4.58. The third-order valence-corrected chi connectivity index (χ3v) is 2.75. The second-order valence-corrected chi connectivity index (χ2v) is 4.01. The Morgan fingerprint density at radius 1 is 1.07 bits per heavy atom. The molecule has 0 aromatic carbocycles. The number of allylic oxidation sites excluding steroid dienone is 4. The Bertz CT molecular complexity index is 294. The highest BCUT2D eigenvalue weighted by Crippen LogP contribution is 2.55. The van der Waals surface area contributed by atoms with Gasteiger partial charge < -0.3 is 0 Å². The maximum absolute atomic E-state index is 12.4. The van der Waals surface area contributed by atoms with Crippen molar-refractivity contribution in [2.24, 2.45) is 5.41 Å². The van der Waals surface area contributed by atoms with Crippen LogP contribution in [0.1, 0.15) is 6.42 Å². The molecule has 0 radical (unpaired) electrons. The molecule has 1 aliphatic carbocycles. The van der Waals surface area contributed by atoms with Gasteiger partial charge in [0.1, 0.15) is 0 Å². The van der Waals surface area contributed by atoms with Crippen LogP contribution in [0.3, 0.4) is 0 Å². The number of rotatable bonds is 0. The quantitative estimate of drug-likeness (QED) is 0.583. The van der Waals surface area contributed by atoms with E-state index in [1.807, 2.05) is 0 Å². The highest BCUT2D eigenvalue weighted by atomic mass is 79.9. The van der Waals surface area contributed by atoms with Gasteiger partial charge in [0.2, 0.25) is 0 Å². The largest absolute Gasteiger partial charge is 0.406 e. The molecule has 0 saturated heterocycles. The van der Waals surface area contributed by atoms with Crippen LogP contribution in [0.15, 0.2) is 22.7 Å². The van der Waals surface area contributed by atoms with Gasteiger partial charge in [0.25, 0.3) is 0 Å². The molecule has 0 aliphatic heterocycles. The standard InChI is InChI=1S/C8H5BrF6/c9-5-1-3-6(4-2-5,7(10,11)12)8(13,14)15/h1-3H,4H2. The summed E-state index contributed by atoms with van der Waals surface area (Å²) in [6.07, 6.45) is -10.0. The van der Waals surface area contributed by atoms with Gasteiger partial charge in [-0.3, -0.25) is 0 Å². The minimum absolute atomic E-state index is 0.150. The summed E-state index contributed by atoms with van der Waals surface area (Å²) in [6, 6.07) is 0. The first-order chi connectivity index (χ1) is 6.60. The van der Waals surface area contributed by atoms with Crippen LogP contribution in [0.4, 0.5) is 26.3 Å². The van der Waals surface area contributed by atoms with Crippen molar-refractivity contribution in [1.82, 2.24) is 0 Å². The van der Waals surface area contributed by atoms with E-state index in [4.69, 9.17) is 0 Å². The molecule has 0 nitrogen and oxygen atoms in total. The van der Waals surface area contributed by atoms with Gasteiger partial charge in [-0.25, -0.2) is 0 Å². The molecular formula is C8H5BrF6. The second-order valence-electron chi connectivity index (χ2n) is 3.09. The van der Waals surface area contributed by atoms with Gasteiger partial charge in [0.15, 0.2) is 5.41 Å². The van der Waals surface area contributed by atoms with Gasteiger partial charge in [0, 0.05) is 4.48 Å². The maximum Gasteiger partial charge on any atom is 0.406 e. The lowest BCUT2D eigenvalue weighted by molar-refractivity contribution is -0.320. The zero-order chi connectivity index (χ0) is 11.9. The molecule has 0 fully saturated rings. The molecule has 1 aliphatic rings. The molecule has 0 atom stereocenters. The van der Waals surface area contributed by atoms with Crippen molar-refractivity contribution in [2.45, 2.75) is 18.8 Å². The van der Waals surface area contributed by atoms with Crippen LogP contribution >= 0.6 is 15.9 Å². The molecule has 0 spiro atoms. The van der Waals surface area contributed by atoms with Crippen LogP contribution in [0, 0.1) is 5.41 Å². The Morgan fingerprint density at radius 3 is 1.80 bits per heavy atom. The van der Waals surface area contributed by atoms with Gasteiger partial charge in [-0.2, -0.15) is 26.3 Å². The molecule has 1 rings (SSSR count). The Kier molecular flexibility index (Phi) is 2.97. The Hall–Kier alpha value is -0.460. The number of hydrogen-bond donors (Lipinski definition) is 0. The van der Waals surface area contributed by atoms with Gasteiger partial charge in [-0.1, -0.05) is 34.2 Å². The fourth-order valence-corrected chi connectivity index (χ4v) is 1.49. The third-order valence-electron chi connectivity index (χ3n) is 2.16. The summed E-state index contributed by atoms with van der Waals surface area (Å²) < 4.78 is 74.6. The van der Waals surface area contributed by atoms with E-state index in [9.17, 15) is 26.3 Å². The third kappa shape index (κ3) is 2.07. The molecule has 0 aromatic heterocycles. The van der Waals surface area contributed by atoms with E-state index < -0.39 is 24.2 Å². The van der Waals surface area contributed by atoms with E-state index in [0.29, 0.717) is 0 Å². The second kappa shape index (κ2) is 3.54. The maximum atomic E-state index is 12.4. The molecule has 0 aromatic rings. The average Bonchev–Trinajstić information content (AvgIpc) is 2.00. The topological polar surface area (TPSA) is 0 Å². The minimum atomic E-state index is -5.34. The molecule has 0 amide bonds. The first kappa shape index (κ1) is 12.6. The van der Waals surface area contributed by atoms with Crippen LogP contribution in [0.5, 0.6) is 0 Å². The molecule has 0 saturated carbocycles. The fourth-order valence-electron chi connectivity index (χ4n) is 1.20. The zero-order valence-corrected chi connectivity index (χ0v) is 8.67. The lowest BCUT2D eigenvalue weighted by Gasteiger charge is -2.35. The van der Waals surface area contributed by atoms with Gasteiger partial charge in [0.05, 0.1) is 0 Å². The Morgan fingerprint density at radius 2 is 1.53 bits per heavy atom. The van der Waals surface area contributed by atoms with Crippen LogP contribution in [-0.4, -0.2) is 12.4 Å². The smallest absolute Gasteiger partial charge is 0.170 e. The summed E-state index contributed by atoms with van der Waals surface area (Å²) >= 11 is 2.81. The van der Waals surface area contributed by atoms with Crippen molar-refractivity contribution >= 4 is 15.9 Å². The fraction of sp³-hybridized carbons (Fsp3) is 0.500.